The molecule has 3 aliphatic rings. The molecule has 1 aromatic carbocycles. The van der Waals surface area contributed by atoms with E-state index < -0.39 is 0 Å². The lowest BCUT2D eigenvalue weighted by Gasteiger charge is -2.36. The number of hydrogen-bond acceptors (Lipinski definition) is 3. The molecule has 1 amide bonds. The van der Waals surface area contributed by atoms with Crippen LogP contribution in [0.2, 0.25) is 0 Å². The van der Waals surface area contributed by atoms with E-state index in [1.54, 1.807) is 0 Å². The number of hydrogen-bond donors (Lipinski definition) is 1. The van der Waals surface area contributed by atoms with Crippen LogP contribution in [0.4, 0.5) is 5.69 Å². The third-order valence-electron chi connectivity index (χ3n) is 6.45. The Hall–Kier alpha value is -1.35. The quantitative estimate of drug-likeness (QED) is 0.384. The predicted octanol–water partition coefficient (Wildman–Crippen LogP) is 2.58. The van der Waals surface area contributed by atoms with Crippen LogP contribution in [-0.2, 0) is 11.2 Å². The topological polar surface area (TPSA) is 51.2 Å². The molecule has 29 heavy (non-hydrogen) atoms. The van der Waals surface area contributed by atoms with Crippen molar-refractivity contribution in [3.8, 4) is 0 Å². The normalized spacial score (nSPS) is 20.5. The molecular weight excluding hydrogens is 477 g/mol. The zero-order chi connectivity index (χ0) is 19.3. The van der Waals surface area contributed by atoms with Crippen molar-refractivity contribution >= 4 is 41.5 Å². The van der Waals surface area contributed by atoms with E-state index in [1.165, 1.54) is 24.1 Å². The van der Waals surface area contributed by atoms with Gasteiger partial charge in [0.2, 0.25) is 5.91 Å². The number of nitrogens with one attached hydrogen (secondary N) is 1. The Bertz CT molecular complexity index is 711. The second-order valence-electron chi connectivity index (χ2n) is 8.15. The number of fused-ring (bicyclic) bond motifs is 1. The third kappa shape index (κ3) is 5.23. The first-order valence-electron chi connectivity index (χ1n) is 10.8. The maximum atomic E-state index is 12.6. The van der Waals surface area contributed by atoms with Crippen molar-refractivity contribution in [1.29, 1.82) is 0 Å². The minimum atomic E-state index is 0. The standard InChI is InChI=1S/C22H33N5O.HI/c1-23-22(27-12-10-18-6-4-5-9-20(18)27)24-11-13-25-14-16-26(17-15-25)21(28)19-7-2-3-8-19;/h4-6,9,19H,2-3,7-8,10-17H2,1H3,(H,23,24);1H. The summed E-state index contributed by atoms with van der Waals surface area (Å²) in [5, 5.41) is 3.53. The predicted molar refractivity (Wildman–Crippen MR) is 129 cm³/mol. The van der Waals surface area contributed by atoms with Crippen molar-refractivity contribution in [2.45, 2.75) is 32.1 Å². The highest BCUT2D eigenvalue weighted by Gasteiger charge is 2.29. The molecule has 0 bridgehead atoms. The number of benzene rings is 1. The SMILES string of the molecule is CN=C(NCCN1CCN(C(=O)C2CCCC2)CC1)N1CCc2ccccc21.I. The van der Waals surface area contributed by atoms with Crippen LogP contribution in [0.25, 0.3) is 0 Å². The largest absolute Gasteiger partial charge is 0.355 e. The fourth-order valence-corrected chi connectivity index (χ4v) is 4.80. The van der Waals surface area contributed by atoms with Crippen molar-refractivity contribution < 1.29 is 4.79 Å². The zero-order valence-corrected chi connectivity index (χ0v) is 19.8. The van der Waals surface area contributed by atoms with Gasteiger partial charge in [0.05, 0.1) is 0 Å². The molecule has 1 saturated carbocycles. The highest BCUT2D eigenvalue weighted by Crippen LogP contribution is 2.28. The van der Waals surface area contributed by atoms with Gasteiger partial charge in [-0.15, -0.1) is 24.0 Å². The molecule has 1 aromatic rings. The Balaban J connectivity index is 0.00000240. The van der Waals surface area contributed by atoms with Crippen molar-refractivity contribution in [2.24, 2.45) is 10.9 Å². The van der Waals surface area contributed by atoms with Crippen molar-refractivity contribution in [3.63, 3.8) is 0 Å². The molecule has 0 unspecified atom stereocenters. The molecule has 2 fully saturated rings. The summed E-state index contributed by atoms with van der Waals surface area (Å²) in [6.07, 6.45) is 5.73. The minimum absolute atomic E-state index is 0. The number of carbonyl (C=O) groups excluding carboxylic acids is 1. The summed E-state index contributed by atoms with van der Waals surface area (Å²) >= 11 is 0. The highest BCUT2D eigenvalue weighted by atomic mass is 127. The number of halogens is 1. The molecule has 7 heteroatoms. The van der Waals surface area contributed by atoms with Gasteiger partial charge in [0, 0.05) is 64.5 Å². The Morgan fingerprint density at radius 1 is 1.10 bits per heavy atom. The molecule has 0 atom stereocenters. The summed E-state index contributed by atoms with van der Waals surface area (Å²) in [6.45, 7) is 6.56. The summed E-state index contributed by atoms with van der Waals surface area (Å²) in [6, 6.07) is 8.58. The van der Waals surface area contributed by atoms with Crippen LogP contribution < -0.4 is 10.2 Å². The van der Waals surface area contributed by atoms with Gasteiger partial charge in [-0.25, -0.2) is 0 Å². The smallest absolute Gasteiger partial charge is 0.225 e. The lowest BCUT2D eigenvalue weighted by molar-refractivity contribution is -0.137. The van der Waals surface area contributed by atoms with Gasteiger partial charge in [0.1, 0.15) is 0 Å². The van der Waals surface area contributed by atoms with Crippen molar-refractivity contribution in [3.05, 3.63) is 29.8 Å². The first-order chi connectivity index (χ1) is 13.8. The molecule has 4 rings (SSSR count). The maximum absolute atomic E-state index is 12.6. The average Bonchev–Trinajstić information content (AvgIpc) is 3.42. The molecule has 160 valence electrons. The third-order valence-corrected chi connectivity index (χ3v) is 6.45. The van der Waals surface area contributed by atoms with Crippen LogP contribution in [-0.4, -0.2) is 74.5 Å². The fraction of sp³-hybridized carbons (Fsp3) is 0.636. The maximum Gasteiger partial charge on any atom is 0.225 e. The highest BCUT2D eigenvalue weighted by molar-refractivity contribution is 14.0. The molecule has 0 aromatic heterocycles. The summed E-state index contributed by atoms with van der Waals surface area (Å²) in [5.41, 5.74) is 2.67. The van der Waals surface area contributed by atoms with E-state index in [-0.39, 0.29) is 24.0 Å². The molecule has 0 radical (unpaired) electrons. The number of para-hydroxylation sites is 1. The van der Waals surface area contributed by atoms with Crippen LogP contribution in [0.1, 0.15) is 31.2 Å². The monoisotopic (exact) mass is 511 g/mol. The van der Waals surface area contributed by atoms with E-state index in [4.69, 9.17) is 0 Å². The summed E-state index contributed by atoms with van der Waals surface area (Å²) in [7, 11) is 1.86. The van der Waals surface area contributed by atoms with Crippen LogP contribution in [0.15, 0.2) is 29.3 Å². The Morgan fingerprint density at radius 3 is 2.55 bits per heavy atom. The van der Waals surface area contributed by atoms with E-state index in [9.17, 15) is 4.79 Å². The van der Waals surface area contributed by atoms with Crippen LogP contribution >= 0.6 is 24.0 Å². The first kappa shape index (κ1) is 22.3. The lowest BCUT2D eigenvalue weighted by atomic mass is 10.1. The Kier molecular flexibility index (Phi) is 8.17. The van der Waals surface area contributed by atoms with E-state index in [1.807, 2.05) is 7.05 Å². The number of guanidine groups is 1. The molecule has 6 nitrogen and oxygen atoms in total. The molecule has 2 heterocycles. The molecule has 0 spiro atoms. The second-order valence-corrected chi connectivity index (χ2v) is 8.15. The Morgan fingerprint density at radius 2 is 1.83 bits per heavy atom. The van der Waals surface area contributed by atoms with Gasteiger partial charge in [-0.1, -0.05) is 31.0 Å². The van der Waals surface area contributed by atoms with Gasteiger partial charge >= 0.3 is 0 Å². The zero-order valence-electron chi connectivity index (χ0n) is 17.5. The van der Waals surface area contributed by atoms with Crippen molar-refractivity contribution in [2.75, 3.05) is 57.8 Å². The van der Waals surface area contributed by atoms with Crippen LogP contribution in [0.3, 0.4) is 0 Å². The van der Waals surface area contributed by atoms with Gasteiger partial charge in [0.15, 0.2) is 5.96 Å². The molecular formula is C22H34IN5O. The van der Waals surface area contributed by atoms with Crippen molar-refractivity contribution in [1.82, 2.24) is 15.1 Å². The van der Waals surface area contributed by atoms with E-state index in [0.29, 0.717) is 11.8 Å². The number of amides is 1. The molecule has 1 saturated heterocycles. The van der Waals surface area contributed by atoms with E-state index >= 15 is 0 Å². The number of carbonyl (C=O) groups is 1. The Labute approximate surface area is 191 Å². The fourth-order valence-electron chi connectivity index (χ4n) is 4.80. The van der Waals surface area contributed by atoms with Gasteiger partial charge in [-0.3, -0.25) is 14.7 Å². The van der Waals surface area contributed by atoms with E-state index in [2.05, 4.69) is 49.3 Å². The first-order valence-corrected chi connectivity index (χ1v) is 10.8. The number of piperazine rings is 1. The number of nitrogens with zero attached hydrogens (tertiary/aromatic N) is 4. The van der Waals surface area contributed by atoms with Gasteiger partial charge in [-0.05, 0) is 30.9 Å². The van der Waals surface area contributed by atoms with Gasteiger partial charge in [-0.2, -0.15) is 0 Å². The molecule has 2 aliphatic heterocycles. The van der Waals surface area contributed by atoms with Gasteiger partial charge in [0.25, 0.3) is 0 Å². The average molecular weight is 511 g/mol. The number of rotatable bonds is 4. The summed E-state index contributed by atoms with van der Waals surface area (Å²) < 4.78 is 0. The molecule has 1 aliphatic carbocycles. The van der Waals surface area contributed by atoms with Crippen LogP contribution in [0.5, 0.6) is 0 Å². The summed E-state index contributed by atoms with van der Waals surface area (Å²) in [4.78, 5) is 23.9. The number of anilines is 1. The lowest BCUT2D eigenvalue weighted by Crippen LogP contribution is -2.52. The second kappa shape index (κ2) is 10.6. The van der Waals surface area contributed by atoms with E-state index in [0.717, 1.165) is 71.0 Å². The summed E-state index contributed by atoms with van der Waals surface area (Å²) in [5.74, 6) is 1.67. The molecule has 1 N–H and O–H groups in total. The van der Waals surface area contributed by atoms with Crippen LogP contribution in [0, 0.1) is 5.92 Å². The minimum Gasteiger partial charge on any atom is -0.355 e. The number of aliphatic imine (C=N–C) groups is 1. The van der Waals surface area contributed by atoms with Gasteiger partial charge < -0.3 is 15.1 Å².